The summed E-state index contributed by atoms with van der Waals surface area (Å²) >= 11 is 13.1. The summed E-state index contributed by atoms with van der Waals surface area (Å²) in [6.45, 7) is 0. The van der Waals surface area contributed by atoms with Gasteiger partial charge in [0.2, 0.25) is 0 Å². The molecule has 0 spiro atoms. The van der Waals surface area contributed by atoms with E-state index in [1.54, 1.807) is 0 Å². The van der Waals surface area contributed by atoms with E-state index in [1.165, 1.54) is 5.56 Å². The van der Waals surface area contributed by atoms with Crippen molar-refractivity contribution in [1.82, 2.24) is 0 Å². The van der Waals surface area contributed by atoms with Crippen molar-refractivity contribution in [2.75, 3.05) is 5.01 Å². The lowest BCUT2D eigenvalue weighted by Crippen LogP contribution is -2.18. The van der Waals surface area contributed by atoms with E-state index in [0.29, 0.717) is 0 Å². The van der Waals surface area contributed by atoms with Crippen LogP contribution in [0.1, 0.15) is 23.6 Å². The van der Waals surface area contributed by atoms with Crippen LogP contribution in [0, 0.1) is 0 Å². The standard InChI is InChI=1S/C21H15Br2ClN2/c22-16-5-1-15(2-6-16)21-13-20(14-3-9-18(24)10-4-14)25-26(21)19-11-7-17(23)8-12-19/h1-12,21H,13H2/t21-/m1/s1. The first-order chi connectivity index (χ1) is 12.6. The fraction of sp³-hybridized carbons (Fsp3) is 0.0952. The van der Waals surface area contributed by atoms with Gasteiger partial charge in [0.25, 0.3) is 0 Å². The summed E-state index contributed by atoms with van der Waals surface area (Å²) in [6, 6.07) is 24.8. The highest BCUT2D eigenvalue weighted by Gasteiger charge is 2.29. The van der Waals surface area contributed by atoms with E-state index in [9.17, 15) is 0 Å². The van der Waals surface area contributed by atoms with Gasteiger partial charge in [-0.2, -0.15) is 5.10 Å². The number of rotatable bonds is 3. The van der Waals surface area contributed by atoms with Gasteiger partial charge in [0.15, 0.2) is 0 Å². The summed E-state index contributed by atoms with van der Waals surface area (Å²) in [5, 5.41) is 7.80. The normalized spacial score (nSPS) is 16.7. The van der Waals surface area contributed by atoms with Crippen LogP contribution < -0.4 is 5.01 Å². The van der Waals surface area contributed by atoms with Crippen molar-refractivity contribution < 1.29 is 0 Å². The molecule has 26 heavy (non-hydrogen) atoms. The quantitative estimate of drug-likeness (QED) is 0.378. The molecule has 5 heteroatoms. The highest BCUT2D eigenvalue weighted by Crippen LogP contribution is 2.37. The van der Waals surface area contributed by atoms with Gasteiger partial charge in [0.1, 0.15) is 0 Å². The molecule has 3 aromatic carbocycles. The number of hydrazone groups is 1. The minimum absolute atomic E-state index is 0.162. The van der Waals surface area contributed by atoms with E-state index in [2.05, 4.69) is 73.3 Å². The molecule has 0 radical (unpaired) electrons. The predicted octanol–water partition coefficient (Wildman–Crippen LogP) is 7.22. The molecule has 1 aliphatic heterocycles. The van der Waals surface area contributed by atoms with Gasteiger partial charge in [-0.05, 0) is 59.7 Å². The lowest BCUT2D eigenvalue weighted by Gasteiger charge is -2.24. The zero-order chi connectivity index (χ0) is 18.1. The molecule has 2 nitrogen and oxygen atoms in total. The number of halogens is 3. The summed E-state index contributed by atoms with van der Waals surface area (Å²) in [5.74, 6) is 0. The fourth-order valence-electron chi connectivity index (χ4n) is 3.10. The molecule has 0 saturated carbocycles. The van der Waals surface area contributed by atoms with Gasteiger partial charge in [-0.15, -0.1) is 0 Å². The van der Waals surface area contributed by atoms with Crippen LogP contribution >= 0.6 is 43.5 Å². The largest absolute Gasteiger partial charge is 0.257 e. The molecule has 0 N–H and O–H groups in total. The van der Waals surface area contributed by atoms with E-state index in [-0.39, 0.29) is 6.04 Å². The molecular weight excluding hydrogens is 476 g/mol. The van der Waals surface area contributed by atoms with Crippen molar-refractivity contribution >= 4 is 54.9 Å². The second kappa shape index (κ2) is 7.55. The Morgan fingerprint density at radius 1 is 0.808 bits per heavy atom. The SMILES string of the molecule is Clc1ccc(C2=NN(c3ccc(Br)cc3)[C@@H](c3ccc(Br)cc3)C2)cc1. The van der Waals surface area contributed by atoms with Crippen LogP contribution in [0.2, 0.25) is 5.02 Å². The molecule has 0 aromatic heterocycles. The Hall–Kier alpha value is -1.62. The van der Waals surface area contributed by atoms with Gasteiger partial charge >= 0.3 is 0 Å². The van der Waals surface area contributed by atoms with Crippen LogP contribution in [0.15, 0.2) is 86.8 Å². The number of anilines is 1. The lowest BCUT2D eigenvalue weighted by atomic mass is 9.98. The molecule has 130 valence electrons. The number of benzene rings is 3. The van der Waals surface area contributed by atoms with Crippen molar-refractivity contribution in [3.8, 4) is 0 Å². The highest BCUT2D eigenvalue weighted by atomic mass is 79.9. The average Bonchev–Trinajstić information content (AvgIpc) is 3.09. The van der Waals surface area contributed by atoms with Gasteiger partial charge in [0, 0.05) is 20.4 Å². The second-order valence-electron chi connectivity index (χ2n) is 6.15. The zero-order valence-electron chi connectivity index (χ0n) is 13.7. The maximum absolute atomic E-state index is 6.04. The van der Waals surface area contributed by atoms with Gasteiger partial charge in [-0.25, -0.2) is 0 Å². The minimum Gasteiger partial charge on any atom is -0.257 e. The average molecular weight is 491 g/mol. The van der Waals surface area contributed by atoms with Crippen molar-refractivity contribution in [3.05, 3.63) is 97.9 Å². The maximum Gasteiger partial charge on any atom is 0.0831 e. The smallest absolute Gasteiger partial charge is 0.0831 e. The second-order valence-corrected chi connectivity index (χ2v) is 8.41. The van der Waals surface area contributed by atoms with E-state index < -0.39 is 0 Å². The van der Waals surface area contributed by atoms with E-state index >= 15 is 0 Å². The third kappa shape index (κ3) is 3.73. The molecule has 0 saturated heterocycles. The van der Waals surface area contributed by atoms with Gasteiger partial charge in [-0.1, -0.05) is 67.7 Å². The minimum atomic E-state index is 0.162. The molecule has 3 aromatic rings. The molecule has 0 amide bonds. The molecule has 1 aliphatic rings. The highest BCUT2D eigenvalue weighted by molar-refractivity contribution is 9.10. The Morgan fingerprint density at radius 3 is 2.00 bits per heavy atom. The first kappa shape index (κ1) is 17.8. The van der Waals surface area contributed by atoms with Gasteiger partial charge in [-0.3, -0.25) is 5.01 Å². The predicted molar refractivity (Wildman–Crippen MR) is 116 cm³/mol. The van der Waals surface area contributed by atoms with Crippen LogP contribution in [0.3, 0.4) is 0 Å². The summed E-state index contributed by atoms with van der Waals surface area (Å²) < 4.78 is 2.14. The molecule has 0 bridgehead atoms. The summed E-state index contributed by atoms with van der Waals surface area (Å²) in [6.07, 6.45) is 0.847. The molecule has 0 fully saturated rings. The van der Waals surface area contributed by atoms with Crippen LogP contribution in [-0.4, -0.2) is 5.71 Å². The molecule has 4 rings (SSSR count). The monoisotopic (exact) mass is 488 g/mol. The van der Waals surface area contributed by atoms with Crippen LogP contribution in [-0.2, 0) is 0 Å². The first-order valence-corrected chi connectivity index (χ1v) is 10.2. The number of hydrogen-bond donors (Lipinski definition) is 0. The topological polar surface area (TPSA) is 15.6 Å². The van der Waals surface area contributed by atoms with Crippen LogP contribution in [0.25, 0.3) is 0 Å². The summed E-state index contributed by atoms with van der Waals surface area (Å²) in [7, 11) is 0. The fourth-order valence-corrected chi connectivity index (χ4v) is 3.76. The third-order valence-corrected chi connectivity index (χ3v) is 5.74. The van der Waals surface area contributed by atoms with Crippen LogP contribution in [0.4, 0.5) is 5.69 Å². The maximum atomic E-state index is 6.04. The Bertz CT molecular complexity index is 935. The Labute approximate surface area is 174 Å². The van der Waals surface area contributed by atoms with E-state index in [0.717, 1.165) is 37.4 Å². The molecule has 1 heterocycles. The zero-order valence-corrected chi connectivity index (χ0v) is 17.7. The molecule has 0 unspecified atom stereocenters. The van der Waals surface area contributed by atoms with Crippen molar-refractivity contribution in [2.45, 2.75) is 12.5 Å². The van der Waals surface area contributed by atoms with Crippen molar-refractivity contribution in [1.29, 1.82) is 0 Å². The molecule has 0 aliphatic carbocycles. The molecular formula is C21H15Br2ClN2. The number of hydrogen-bond acceptors (Lipinski definition) is 2. The molecule has 1 atom stereocenters. The number of nitrogens with zero attached hydrogens (tertiary/aromatic N) is 2. The Kier molecular flexibility index (Phi) is 5.16. The lowest BCUT2D eigenvalue weighted by molar-refractivity contribution is 0.709. The summed E-state index contributed by atoms with van der Waals surface area (Å²) in [4.78, 5) is 0. The van der Waals surface area contributed by atoms with Crippen molar-refractivity contribution in [2.24, 2.45) is 5.10 Å². The van der Waals surface area contributed by atoms with Crippen LogP contribution in [0.5, 0.6) is 0 Å². The van der Waals surface area contributed by atoms with E-state index in [4.69, 9.17) is 16.7 Å². The third-order valence-electron chi connectivity index (χ3n) is 4.43. The Balaban J connectivity index is 1.74. The van der Waals surface area contributed by atoms with Gasteiger partial charge < -0.3 is 0 Å². The first-order valence-electron chi connectivity index (χ1n) is 8.24. The van der Waals surface area contributed by atoms with Crippen molar-refractivity contribution in [3.63, 3.8) is 0 Å². The Morgan fingerprint density at radius 2 is 1.38 bits per heavy atom. The summed E-state index contributed by atoms with van der Waals surface area (Å²) in [5.41, 5.74) is 4.49. The van der Waals surface area contributed by atoms with E-state index in [1.807, 2.05) is 36.4 Å². The van der Waals surface area contributed by atoms with Gasteiger partial charge in [0.05, 0.1) is 17.4 Å².